The van der Waals surface area contributed by atoms with E-state index in [1.807, 2.05) is 48.5 Å². The highest BCUT2D eigenvalue weighted by molar-refractivity contribution is 5.32. The van der Waals surface area contributed by atoms with Gasteiger partial charge in [0.15, 0.2) is 0 Å². The monoisotopic (exact) mass is 510 g/mol. The van der Waals surface area contributed by atoms with E-state index in [1.54, 1.807) is 0 Å². The molecule has 0 N–H and O–H groups in total. The lowest BCUT2D eigenvalue weighted by Crippen LogP contribution is -2.53. The van der Waals surface area contributed by atoms with Gasteiger partial charge in [-0.2, -0.15) is 0 Å². The fourth-order valence-electron chi connectivity index (χ4n) is 4.06. The Morgan fingerprint density at radius 1 is 0.395 bits per heavy atom. The lowest BCUT2D eigenvalue weighted by molar-refractivity contribution is -0.266. The summed E-state index contributed by atoms with van der Waals surface area (Å²) in [6.45, 7) is 8.52. The van der Waals surface area contributed by atoms with Crippen molar-refractivity contribution in [1.29, 1.82) is 0 Å². The molecule has 0 saturated carbocycles. The maximum Gasteiger partial charge on any atom is 0.453 e. The Morgan fingerprint density at radius 3 is 0.921 bits per heavy atom. The zero-order valence-corrected chi connectivity index (χ0v) is 22.9. The second kappa shape index (κ2) is 13.0. The van der Waals surface area contributed by atoms with E-state index < -0.39 is 5.97 Å². The number of ether oxygens (including phenoxy) is 4. The third-order valence-electron chi connectivity index (χ3n) is 6.56. The average Bonchev–Trinajstić information content (AvgIpc) is 2.97. The minimum Gasteiger partial charge on any atom is -0.481 e. The molecule has 0 aromatic heterocycles. The summed E-state index contributed by atoms with van der Waals surface area (Å²) in [6, 6.07) is 32.0. The van der Waals surface area contributed by atoms with Crippen LogP contribution in [0.4, 0.5) is 0 Å². The van der Waals surface area contributed by atoms with Gasteiger partial charge in [0, 0.05) is 0 Å². The van der Waals surface area contributed by atoms with Crippen LogP contribution in [0.25, 0.3) is 0 Å². The number of hydrogen-bond donors (Lipinski definition) is 0. The van der Waals surface area contributed by atoms with E-state index >= 15 is 0 Å². The van der Waals surface area contributed by atoms with Crippen molar-refractivity contribution in [3.8, 4) is 23.0 Å². The van der Waals surface area contributed by atoms with Crippen molar-refractivity contribution in [3.05, 3.63) is 119 Å². The minimum absolute atomic E-state index is 0.000933. The summed E-state index contributed by atoms with van der Waals surface area (Å²) in [5.41, 5.74) is 4.92. The lowest BCUT2D eigenvalue weighted by Gasteiger charge is -2.34. The quantitative estimate of drug-likeness (QED) is 0.170. The molecule has 0 aliphatic carbocycles. The maximum atomic E-state index is 6.52. The molecule has 0 aliphatic rings. The van der Waals surface area contributed by atoms with E-state index in [1.165, 1.54) is 22.3 Å². The molecule has 0 heterocycles. The highest BCUT2D eigenvalue weighted by Crippen LogP contribution is 2.29. The molecule has 0 bridgehead atoms. The van der Waals surface area contributed by atoms with Crippen molar-refractivity contribution in [3.63, 3.8) is 0 Å². The SMILES string of the molecule is CCc1ccc(OCC(Oc2ccc(CC)cc2)(Oc2ccc(CC)cc2)Oc2ccc(CC)cc2)cc1. The third-order valence-corrected chi connectivity index (χ3v) is 6.56. The summed E-state index contributed by atoms with van der Waals surface area (Å²) in [4.78, 5) is 0. The number of aryl methyl sites for hydroxylation is 4. The first-order chi connectivity index (χ1) is 18.5. The van der Waals surface area contributed by atoms with Gasteiger partial charge in [-0.15, -0.1) is 0 Å². The predicted molar refractivity (Wildman–Crippen MR) is 153 cm³/mol. The fraction of sp³-hybridized carbons (Fsp3) is 0.294. The molecule has 4 nitrogen and oxygen atoms in total. The normalized spacial score (nSPS) is 11.2. The van der Waals surface area contributed by atoms with E-state index in [-0.39, 0.29) is 6.61 Å². The van der Waals surface area contributed by atoms with Gasteiger partial charge in [-0.25, -0.2) is 0 Å². The van der Waals surface area contributed by atoms with Crippen LogP contribution in [-0.4, -0.2) is 12.6 Å². The first-order valence-corrected chi connectivity index (χ1v) is 13.6. The van der Waals surface area contributed by atoms with E-state index in [9.17, 15) is 0 Å². The van der Waals surface area contributed by atoms with Gasteiger partial charge in [0.05, 0.1) is 0 Å². The van der Waals surface area contributed by atoms with Gasteiger partial charge in [-0.05, 0) is 96.5 Å². The largest absolute Gasteiger partial charge is 0.481 e. The van der Waals surface area contributed by atoms with Crippen LogP contribution in [-0.2, 0) is 25.7 Å². The number of benzene rings is 4. The Bertz CT molecular complexity index is 1120. The molecule has 0 saturated heterocycles. The summed E-state index contributed by atoms with van der Waals surface area (Å²) in [7, 11) is 0. The summed E-state index contributed by atoms with van der Waals surface area (Å²) in [6.07, 6.45) is 3.81. The van der Waals surface area contributed by atoms with Crippen LogP contribution in [0, 0.1) is 0 Å². The molecule has 0 aliphatic heterocycles. The predicted octanol–water partition coefficient (Wildman–Crippen LogP) is 8.21. The lowest BCUT2D eigenvalue weighted by atomic mass is 10.1. The molecular formula is C34H38O4. The molecule has 4 heteroatoms. The molecule has 0 spiro atoms. The van der Waals surface area contributed by atoms with Gasteiger partial charge in [0.2, 0.25) is 6.61 Å². The smallest absolute Gasteiger partial charge is 0.453 e. The van der Waals surface area contributed by atoms with Gasteiger partial charge in [0.1, 0.15) is 23.0 Å². The topological polar surface area (TPSA) is 36.9 Å². The van der Waals surface area contributed by atoms with E-state index in [0.29, 0.717) is 23.0 Å². The van der Waals surface area contributed by atoms with E-state index in [4.69, 9.17) is 18.9 Å². The van der Waals surface area contributed by atoms with Crippen LogP contribution >= 0.6 is 0 Å². The van der Waals surface area contributed by atoms with Crippen molar-refractivity contribution < 1.29 is 18.9 Å². The standard InChI is InChI=1S/C34H38O4/c1-5-26-9-17-30(18-10-26)35-25-34(36-31-19-11-27(6-2)12-20-31,37-32-21-13-28(7-3)14-22-32)38-33-23-15-29(8-4)16-24-33/h9-24H,5-8,25H2,1-4H3. The van der Waals surface area contributed by atoms with Gasteiger partial charge >= 0.3 is 5.97 Å². The van der Waals surface area contributed by atoms with Crippen LogP contribution in [0.5, 0.6) is 23.0 Å². The van der Waals surface area contributed by atoms with E-state index in [0.717, 1.165) is 25.7 Å². The van der Waals surface area contributed by atoms with Gasteiger partial charge in [-0.3, -0.25) is 0 Å². The van der Waals surface area contributed by atoms with Crippen molar-refractivity contribution in [2.75, 3.05) is 6.61 Å². The summed E-state index contributed by atoms with van der Waals surface area (Å²) in [5, 5.41) is 0. The van der Waals surface area contributed by atoms with Crippen LogP contribution in [0.1, 0.15) is 49.9 Å². The molecule has 0 fully saturated rings. The number of rotatable bonds is 13. The summed E-state index contributed by atoms with van der Waals surface area (Å²) in [5.74, 6) is 1.01. The number of hydrogen-bond acceptors (Lipinski definition) is 4. The second-order valence-corrected chi connectivity index (χ2v) is 9.27. The van der Waals surface area contributed by atoms with Crippen LogP contribution in [0.3, 0.4) is 0 Å². The van der Waals surface area contributed by atoms with Crippen molar-refractivity contribution in [2.24, 2.45) is 0 Å². The van der Waals surface area contributed by atoms with E-state index in [2.05, 4.69) is 76.2 Å². The first-order valence-electron chi connectivity index (χ1n) is 13.6. The molecule has 4 aromatic rings. The second-order valence-electron chi connectivity index (χ2n) is 9.27. The Morgan fingerprint density at radius 2 is 0.658 bits per heavy atom. The zero-order chi connectivity index (χ0) is 26.8. The van der Waals surface area contributed by atoms with Crippen LogP contribution < -0.4 is 18.9 Å². The molecule has 0 amide bonds. The van der Waals surface area contributed by atoms with Crippen molar-refractivity contribution in [2.45, 2.75) is 59.4 Å². The first kappa shape index (κ1) is 27.1. The highest BCUT2D eigenvalue weighted by Gasteiger charge is 2.41. The average molecular weight is 511 g/mol. The summed E-state index contributed by atoms with van der Waals surface area (Å²) >= 11 is 0. The van der Waals surface area contributed by atoms with Crippen LogP contribution in [0.2, 0.25) is 0 Å². The Balaban J connectivity index is 1.70. The highest BCUT2D eigenvalue weighted by atomic mass is 16.9. The molecule has 0 unspecified atom stereocenters. The molecule has 0 atom stereocenters. The van der Waals surface area contributed by atoms with Crippen molar-refractivity contribution in [1.82, 2.24) is 0 Å². The molecule has 0 radical (unpaired) electrons. The van der Waals surface area contributed by atoms with Crippen LogP contribution in [0.15, 0.2) is 97.1 Å². The fourth-order valence-corrected chi connectivity index (χ4v) is 4.06. The molecule has 4 aromatic carbocycles. The van der Waals surface area contributed by atoms with Crippen molar-refractivity contribution >= 4 is 0 Å². The third kappa shape index (κ3) is 7.32. The molecule has 4 rings (SSSR count). The Kier molecular flexibility index (Phi) is 9.31. The van der Waals surface area contributed by atoms with Gasteiger partial charge in [-0.1, -0.05) is 76.2 Å². The van der Waals surface area contributed by atoms with Gasteiger partial charge < -0.3 is 18.9 Å². The maximum absolute atomic E-state index is 6.52. The Hall–Kier alpha value is -3.92. The zero-order valence-electron chi connectivity index (χ0n) is 22.9. The molecule has 38 heavy (non-hydrogen) atoms. The Labute approximate surface area is 227 Å². The van der Waals surface area contributed by atoms with Gasteiger partial charge in [0.25, 0.3) is 0 Å². The summed E-state index contributed by atoms with van der Waals surface area (Å²) < 4.78 is 25.8. The molecular weight excluding hydrogens is 472 g/mol. The molecule has 198 valence electrons. The minimum atomic E-state index is -1.58.